The highest BCUT2D eigenvalue weighted by atomic mass is 35.5. The van der Waals surface area contributed by atoms with Crippen LogP contribution >= 0.6 is 19.3 Å². The molecule has 3 rings (SSSR count). The van der Waals surface area contributed by atoms with Crippen LogP contribution in [-0.4, -0.2) is 63.8 Å². The Hall–Kier alpha value is -2.51. The molecule has 1 aliphatic rings. The van der Waals surface area contributed by atoms with Gasteiger partial charge >= 0.3 is 19.4 Å². The van der Waals surface area contributed by atoms with Crippen LogP contribution in [0.4, 0.5) is 5.82 Å². The van der Waals surface area contributed by atoms with E-state index in [1.807, 2.05) is 0 Å². The molecule has 5 atom stereocenters. The quantitative estimate of drug-likeness (QED) is 0.266. The molecule has 13 nitrogen and oxygen atoms in total. The zero-order chi connectivity index (χ0) is 25.1. The van der Waals surface area contributed by atoms with Gasteiger partial charge in [-0.05, 0) is 37.3 Å². The van der Waals surface area contributed by atoms with E-state index in [-0.39, 0.29) is 11.6 Å². The molecule has 186 valence electrons. The summed E-state index contributed by atoms with van der Waals surface area (Å²) >= 11 is 5.84. The number of esters is 1. The molecule has 0 aliphatic carbocycles. The first-order valence-corrected chi connectivity index (χ1v) is 11.8. The molecule has 15 heteroatoms. The number of aliphatic hydroxyl groups excluding tert-OH is 1. The highest BCUT2D eigenvalue weighted by molar-refractivity contribution is 7.52. The van der Waals surface area contributed by atoms with Gasteiger partial charge in [-0.25, -0.2) is 14.4 Å². The number of carbonyl (C=O) groups is 1. The molecule has 1 aliphatic heterocycles. The van der Waals surface area contributed by atoms with Crippen LogP contribution in [0.25, 0.3) is 0 Å². The standard InChI is InChI=1S/C19H24ClN4O9P/c1-19(28)16(26)13(32-17(19)24-8-7-14(21)23-18(24)27)10-31-34(29,22-9-15(25)30-2)33-12-5-3-11(20)4-6-12/h3-8,13,16-17,26,28H,9-10H2,1-2H3,(H,22,29)(H2,21,23,27)/t13-,16-,17-,19-,34?/m1/s1. The highest BCUT2D eigenvalue weighted by Crippen LogP contribution is 2.46. The lowest BCUT2D eigenvalue weighted by Gasteiger charge is -2.27. The molecule has 1 aromatic heterocycles. The Kier molecular flexibility index (Phi) is 7.98. The van der Waals surface area contributed by atoms with Crippen molar-refractivity contribution in [2.75, 3.05) is 26.0 Å². The van der Waals surface area contributed by atoms with E-state index >= 15 is 0 Å². The summed E-state index contributed by atoms with van der Waals surface area (Å²) in [4.78, 5) is 27.3. The maximum atomic E-state index is 13.3. The van der Waals surface area contributed by atoms with Crippen LogP contribution in [0, 0.1) is 0 Å². The molecule has 2 heterocycles. The molecule has 0 bridgehead atoms. The van der Waals surface area contributed by atoms with E-state index in [9.17, 15) is 24.4 Å². The van der Waals surface area contributed by atoms with E-state index in [0.29, 0.717) is 5.02 Å². The SMILES string of the molecule is COC(=O)CNP(=O)(OC[C@H]1O[C@@H](n2ccc(N)nc2=O)[C@](C)(O)[C@@H]1O)Oc1ccc(Cl)cc1. The largest absolute Gasteiger partial charge is 0.468 e. The van der Waals surface area contributed by atoms with Crippen molar-refractivity contribution < 1.29 is 38.1 Å². The highest BCUT2D eigenvalue weighted by Gasteiger charge is 2.54. The summed E-state index contributed by atoms with van der Waals surface area (Å²) in [6.07, 6.45) is -2.90. The van der Waals surface area contributed by atoms with Crippen molar-refractivity contribution in [1.29, 1.82) is 0 Å². The number of methoxy groups -OCH3 is 1. The molecular weight excluding hydrogens is 495 g/mol. The molecule has 34 heavy (non-hydrogen) atoms. The molecule has 0 spiro atoms. The number of benzene rings is 1. The maximum absolute atomic E-state index is 13.3. The van der Waals surface area contributed by atoms with Gasteiger partial charge in [0.25, 0.3) is 0 Å². The second-order valence-electron chi connectivity index (χ2n) is 7.49. The van der Waals surface area contributed by atoms with E-state index in [4.69, 9.17) is 31.1 Å². The zero-order valence-corrected chi connectivity index (χ0v) is 19.8. The molecule has 1 aromatic carbocycles. The van der Waals surface area contributed by atoms with E-state index in [2.05, 4.69) is 14.8 Å². The number of anilines is 1. The number of nitrogens with one attached hydrogen (secondary N) is 1. The number of aliphatic hydroxyl groups is 2. The number of ether oxygens (including phenoxy) is 2. The van der Waals surface area contributed by atoms with Crippen molar-refractivity contribution in [1.82, 2.24) is 14.6 Å². The number of aromatic nitrogens is 2. The third-order valence-electron chi connectivity index (χ3n) is 4.95. The predicted octanol–water partition coefficient (Wildman–Crippen LogP) is 0.455. The Morgan fingerprint density at radius 3 is 2.68 bits per heavy atom. The van der Waals surface area contributed by atoms with Crippen molar-refractivity contribution >= 4 is 31.1 Å². The summed E-state index contributed by atoms with van der Waals surface area (Å²) in [6.45, 7) is 0.191. The third-order valence-corrected chi connectivity index (χ3v) is 6.69. The second kappa shape index (κ2) is 10.4. The van der Waals surface area contributed by atoms with Crippen molar-refractivity contribution in [2.24, 2.45) is 0 Å². The van der Waals surface area contributed by atoms with Gasteiger partial charge in [-0.3, -0.25) is 13.9 Å². The van der Waals surface area contributed by atoms with Gasteiger partial charge in [0.15, 0.2) is 6.23 Å². The number of halogens is 1. The van der Waals surface area contributed by atoms with E-state index in [0.717, 1.165) is 11.7 Å². The minimum Gasteiger partial charge on any atom is -0.468 e. The van der Waals surface area contributed by atoms with Gasteiger partial charge in [-0.15, -0.1) is 0 Å². The first-order valence-electron chi connectivity index (χ1n) is 9.87. The lowest BCUT2D eigenvalue weighted by Crippen LogP contribution is -2.46. The van der Waals surface area contributed by atoms with Crippen molar-refractivity contribution in [3.05, 3.63) is 52.0 Å². The Labute approximate surface area is 198 Å². The van der Waals surface area contributed by atoms with E-state index in [1.165, 1.54) is 43.5 Å². The van der Waals surface area contributed by atoms with Gasteiger partial charge in [0.05, 0.1) is 13.7 Å². The third kappa shape index (κ3) is 5.94. The number of rotatable bonds is 9. The minimum atomic E-state index is -4.22. The fourth-order valence-electron chi connectivity index (χ4n) is 3.13. The lowest BCUT2D eigenvalue weighted by atomic mass is 9.96. The minimum absolute atomic E-state index is 0.0312. The molecule has 5 N–H and O–H groups in total. The number of hydrogen-bond donors (Lipinski definition) is 4. The van der Waals surface area contributed by atoms with E-state index < -0.39 is 56.6 Å². The van der Waals surface area contributed by atoms with Crippen molar-refractivity contribution in [3.63, 3.8) is 0 Å². The van der Waals surface area contributed by atoms with Crippen LogP contribution < -0.4 is 21.0 Å². The number of hydrogen-bond acceptors (Lipinski definition) is 11. The van der Waals surface area contributed by atoms with Crippen LogP contribution in [0.15, 0.2) is 41.3 Å². The van der Waals surface area contributed by atoms with Crippen LogP contribution in [0.2, 0.25) is 5.02 Å². The molecule has 1 unspecified atom stereocenters. The summed E-state index contributed by atoms with van der Waals surface area (Å²) in [5.74, 6) is -0.655. The smallest absolute Gasteiger partial charge is 0.459 e. The van der Waals surface area contributed by atoms with Gasteiger partial charge in [0.2, 0.25) is 0 Å². The summed E-state index contributed by atoms with van der Waals surface area (Å²) < 4.78 is 35.2. The fourth-order valence-corrected chi connectivity index (χ4v) is 4.53. The number of carbonyl (C=O) groups excluding carboxylic acids is 1. The summed E-state index contributed by atoms with van der Waals surface area (Å²) in [7, 11) is -3.07. The van der Waals surface area contributed by atoms with Crippen LogP contribution in [0.3, 0.4) is 0 Å². The molecular formula is C19H24ClN4O9P. The van der Waals surface area contributed by atoms with Crippen LogP contribution in [0.5, 0.6) is 5.75 Å². The Morgan fingerprint density at radius 1 is 1.38 bits per heavy atom. The summed E-state index contributed by atoms with van der Waals surface area (Å²) in [6, 6.07) is 7.17. The maximum Gasteiger partial charge on any atom is 0.459 e. The normalized spacial score (nSPS) is 26.1. The predicted molar refractivity (Wildman–Crippen MR) is 119 cm³/mol. The second-order valence-corrected chi connectivity index (χ2v) is 9.68. The first-order chi connectivity index (χ1) is 15.9. The molecule has 1 fully saturated rings. The van der Waals surface area contributed by atoms with Gasteiger partial charge in [0.1, 0.15) is 35.9 Å². The van der Waals surface area contributed by atoms with Gasteiger partial charge in [0, 0.05) is 11.2 Å². The van der Waals surface area contributed by atoms with Gasteiger partial charge < -0.3 is 29.9 Å². The monoisotopic (exact) mass is 518 g/mol. The Morgan fingerprint density at radius 2 is 2.06 bits per heavy atom. The Balaban J connectivity index is 1.77. The van der Waals surface area contributed by atoms with E-state index in [1.54, 1.807) is 0 Å². The number of nitrogen functional groups attached to an aromatic ring is 1. The molecule has 0 saturated carbocycles. The average Bonchev–Trinajstić information content (AvgIpc) is 3.01. The number of nitrogens with two attached hydrogens (primary N) is 1. The van der Waals surface area contributed by atoms with Crippen LogP contribution in [-0.2, 0) is 23.4 Å². The number of nitrogens with zero attached hydrogens (tertiary/aromatic N) is 2. The molecule has 0 amide bonds. The molecule has 2 aromatic rings. The fraction of sp³-hybridized carbons (Fsp3) is 0.421. The zero-order valence-electron chi connectivity index (χ0n) is 18.2. The summed E-state index contributed by atoms with van der Waals surface area (Å²) in [5, 5.41) is 24.2. The molecule has 0 radical (unpaired) electrons. The molecule has 1 saturated heterocycles. The van der Waals surface area contributed by atoms with Crippen molar-refractivity contribution in [3.8, 4) is 5.75 Å². The van der Waals surface area contributed by atoms with Gasteiger partial charge in [-0.2, -0.15) is 4.98 Å². The Bertz CT molecular complexity index is 1130. The topological polar surface area (TPSA) is 184 Å². The van der Waals surface area contributed by atoms with Crippen LogP contribution in [0.1, 0.15) is 13.2 Å². The first kappa shape index (κ1) is 26.1. The van der Waals surface area contributed by atoms with Gasteiger partial charge in [-0.1, -0.05) is 11.6 Å². The summed E-state index contributed by atoms with van der Waals surface area (Å²) in [5.41, 5.74) is 2.73. The average molecular weight is 519 g/mol. The van der Waals surface area contributed by atoms with Crippen molar-refractivity contribution in [2.45, 2.75) is 31.0 Å². The lowest BCUT2D eigenvalue weighted by molar-refractivity contribution is -0.139.